The molecule has 5 nitrogen and oxygen atoms in total. The Balaban J connectivity index is 1.65. The highest BCUT2D eigenvalue weighted by molar-refractivity contribution is 5.35. The van der Waals surface area contributed by atoms with E-state index in [2.05, 4.69) is 24.8 Å². The van der Waals surface area contributed by atoms with Crippen LogP contribution in [0, 0.1) is 0 Å². The molecule has 21 heavy (non-hydrogen) atoms. The first kappa shape index (κ1) is 13.8. The van der Waals surface area contributed by atoms with Gasteiger partial charge < -0.3 is 9.88 Å². The number of aromatic amines is 1. The molecule has 0 saturated carbocycles. The van der Waals surface area contributed by atoms with Gasteiger partial charge >= 0.3 is 6.18 Å². The zero-order valence-corrected chi connectivity index (χ0v) is 11.1. The summed E-state index contributed by atoms with van der Waals surface area (Å²) >= 11 is 0. The third kappa shape index (κ3) is 2.98. The van der Waals surface area contributed by atoms with Crippen molar-refractivity contribution in [1.29, 1.82) is 0 Å². The Morgan fingerprint density at radius 2 is 1.86 bits per heavy atom. The second-order valence-corrected chi connectivity index (χ2v) is 5.00. The van der Waals surface area contributed by atoms with E-state index >= 15 is 0 Å². The van der Waals surface area contributed by atoms with Crippen molar-refractivity contribution in [2.75, 3.05) is 18.0 Å². The average Bonchev–Trinajstić information content (AvgIpc) is 2.98. The molecule has 3 heterocycles. The molecular formula is C13H14F3N5. The predicted octanol–water partition coefficient (Wildman–Crippen LogP) is 2.60. The van der Waals surface area contributed by atoms with E-state index in [1.807, 2.05) is 0 Å². The lowest BCUT2D eigenvalue weighted by Gasteiger charge is -2.31. The van der Waals surface area contributed by atoms with Crippen LogP contribution in [0.2, 0.25) is 0 Å². The molecule has 0 aliphatic carbocycles. The summed E-state index contributed by atoms with van der Waals surface area (Å²) in [6, 6.07) is 0. The van der Waals surface area contributed by atoms with Crippen molar-refractivity contribution in [2.45, 2.75) is 24.9 Å². The Bertz CT molecular complexity index is 587. The molecule has 0 atom stereocenters. The van der Waals surface area contributed by atoms with Crippen molar-refractivity contribution < 1.29 is 13.2 Å². The molecule has 2 aromatic heterocycles. The highest BCUT2D eigenvalue weighted by Crippen LogP contribution is 2.32. The second kappa shape index (κ2) is 5.34. The fourth-order valence-corrected chi connectivity index (χ4v) is 2.52. The van der Waals surface area contributed by atoms with Gasteiger partial charge in [0.2, 0.25) is 0 Å². The Kier molecular flexibility index (Phi) is 3.52. The summed E-state index contributed by atoms with van der Waals surface area (Å²) in [6.45, 7) is 1.46. The molecule has 1 fully saturated rings. The molecule has 0 radical (unpaired) electrons. The van der Waals surface area contributed by atoms with Crippen LogP contribution in [0.4, 0.5) is 19.0 Å². The number of aromatic nitrogens is 4. The number of halogens is 3. The van der Waals surface area contributed by atoms with Gasteiger partial charge in [-0.3, -0.25) is 4.98 Å². The summed E-state index contributed by atoms with van der Waals surface area (Å²) < 4.78 is 37.7. The van der Waals surface area contributed by atoms with Crippen molar-refractivity contribution in [1.82, 2.24) is 19.9 Å². The minimum Gasteiger partial charge on any atom is -0.355 e. The van der Waals surface area contributed by atoms with Gasteiger partial charge in [0.1, 0.15) is 17.3 Å². The Morgan fingerprint density at radius 3 is 2.43 bits per heavy atom. The van der Waals surface area contributed by atoms with Crippen molar-refractivity contribution >= 4 is 5.82 Å². The van der Waals surface area contributed by atoms with E-state index in [0.717, 1.165) is 37.9 Å². The average molecular weight is 297 g/mol. The summed E-state index contributed by atoms with van der Waals surface area (Å²) in [5, 5.41) is 0. The first-order chi connectivity index (χ1) is 10.0. The van der Waals surface area contributed by atoms with E-state index in [1.54, 1.807) is 18.6 Å². The third-order valence-electron chi connectivity index (χ3n) is 3.66. The number of H-pyrrole nitrogens is 1. The van der Waals surface area contributed by atoms with Gasteiger partial charge in [0, 0.05) is 31.4 Å². The summed E-state index contributed by atoms with van der Waals surface area (Å²) in [5.41, 5.74) is -0.783. The van der Waals surface area contributed by atoms with E-state index in [4.69, 9.17) is 0 Å². The Morgan fingerprint density at radius 1 is 1.10 bits per heavy atom. The van der Waals surface area contributed by atoms with Crippen molar-refractivity contribution in [3.05, 3.63) is 36.3 Å². The number of hydrogen-bond acceptors (Lipinski definition) is 4. The molecule has 0 amide bonds. The number of anilines is 1. The Labute approximate surface area is 119 Å². The van der Waals surface area contributed by atoms with Crippen LogP contribution in [0.1, 0.15) is 30.3 Å². The normalized spacial score (nSPS) is 17.2. The number of nitrogens with zero attached hydrogens (tertiary/aromatic N) is 4. The predicted molar refractivity (Wildman–Crippen MR) is 69.8 cm³/mol. The Hall–Kier alpha value is -2.12. The molecule has 8 heteroatoms. The SMILES string of the molecule is FC(F)(F)c1cnc(C2CCN(c3cnccn3)CC2)[nH]1. The molecule has 1 N–H and O–H groups in total. The molecular weight excluding hydrogens is 283 g/mol. The second-order valence-electron chi connectivity index (χ2n) is 5.00. The van der Waals surface area contributed by atoms with Gasteiger partial charge in [0.25, 0.3) is 0 Å². The van der Waals surface area contributed by atoms with Crippen molar-refractivity contribution in [3.63, 3.8) is 0 Å². The van der Waals surface area contributed by atoms with Crippen LogP contribution in [0.15, 0.2) is 24.8 Å². The standard InChI is InChI=1S/C13H14F3N5/c14-13(15,16)10-7-19-12(20-10)9-1-5-21(6-2-9)11-8-17-3-4-18-11/h3-4,7-9H,1-2,5-6H2,(H,19,20). The fourth-order valence-electron chi connectivity index (χ4n) is 2.52. The number of hydrogen-bond donors (Lipinski definition) is 1. The van der Waals surface area contributed by atoms with E-state index in [1.165, 1.54) is 0 Å². The van der Waals surface area contributed by atoms with Gasteiger partial charge in [-0.05, 0) is 12.8 Å². The maximum atomic E-state index is 12.6. The minimum absolute atomic E-state index is 0.0222. The number of alkyl halides is 3. The van der Waals surface area contributed by atoms with Gasteiger partial charge in [-0.15, -0.1) is 0 Å². The van der Waals surface area contributed by atoms with E-state index in [-0.39, 0.29) is 5.92 Å². The van der Waals surface area contributed by atoms with Crippen LogP contribution in [-0.4, -0.2) is 33.0 Å². The van der Waals surface area contributed by atoms with E-state index in [0.29, 0.717) is 5.82 Å². The van der Waals surface area contributed by atoms with Crippen LogP contribution in [0.3, 0.4) is 0 Å². The van der Waals surface area contributed by atoms with Gasteiger partial charge in [-0.25, -0.2) is 9.97 Å². The van der Waals surface area contributed by atoms with Crippen molar-refractivity contribution in [3.8, 4) is 0 Å². The van der Waals surface area contributed by atoms with Crippen LogP contribution in [-0.2, 0) is 6.18 Å². The quantitative estimate of drug-likeness (QED) is 0.925. The molecule has 1 saturated heterocycles. The zero-order valence-electron chi connectivity index (χ0n) is 11.1. The topological polar surface area (TPSA) is 57.7 Å². The fraction of sp³-hybridized carbons (Fsp3) is 0.462. The van der Waals surface area contributed by atoms with Gasteiger partial charge in [0.05, 0.1) is 12.4 Å². The number of nitrogens with one attached hydrogen (secondary N) is 1. The molecule has 2 aromatic rings. The molecule has 0 bridgehead atoms. The van der Waals surface area contributed by atoms with E-state index < -0.39 is 11.9 Å². The lowest BCUT2D eigenvalue weighted by Crippen LogP contribution is -2.33. The maximum absolute atomic E-state index is 12.6. The highest BCUT2D eigenvalue weighted by atomic mass is 19.4. The highest BCUT2D eigenvalue weighted by Gasteiger charge is 2.34. The molecule has 1 aliphatic heterocycles. The summed E-state index contributed by atoms with van der Waals surface area (Å²) in [6.07, 6.45) is 2.90. The molecule has 3 rings (SSSR count). The van der Waals surface area contributed by atoms with Gasteiger partial charge in [-0.2, -0.15) is 13.2 Å². The first-order valence-electron chi connectivity index (χ1n) is 6.67. The first-order valence-corrected chi connectivity index (χ1v) is 6.67. The molecule has 1 aliphatic rings. The maximum Gasteiger partial charge on any atom is 0.432 e. The molecule has 0 spiro atoms. The molecule has 0 aromatic carbocycles. The monoisotopic (exact) mass is 297 g/mol. The van der Waals surface area contributed by atoms with Crippen LogP contribution in [0.5, 0.6) is 0 Å². The van der Waals surface area contributed by atoms with E-state index in [9.17, 15) is 13.2 Å². The van der Waals surface area contributed by atoms with Gasteiger partial charge in [-0.1, -0.05) is 0 Å². The van der Waals surface area contributed by atoms with Crippen LogP contribution >= 0.6 is 0 Å². The summed E-state index contributed by atoms with van der Waals surface area (Å²) in [4.78, 5) is 16.6. The zero-order chi connectivity index (χ0) is 14.9. The number of piperidine rings is 1. The molecule has 112 valence electrons. The van der Waals surface area contributed by atoms with Crippen molar-refractivity contribution in [2.24, 2.45) is 0 Å². The smallest absolute Gasteiger partial charge is 0.355 e. The summed E-state index contributed by atoms with van der Waals surface area (Å²) in [7, 11) is 0. The largest absolute Gasteiger partial charge is 0.432 e. The van der Waals surface area contributed by atoms with Gasteiger partial charge in [0.15, 0.2) is 0 Å². The minimum atomic E-state index is -4.37. The number of imidazole rings is 1. The third-order valence-corrected chi connectivity index (χ3v) is 3.66. The lowest BCUT2D eigenvalue weighted by atomic mass is 9.96. The van der Waals surface area contributed by atoms with Crippen LogP contribution < -0.4 is 4.90 Å². The lowest BCUT2D eigenvalue weighted by molar-refractivity contribution is -0.141. The summed E-state index contributed by atoms with van der Waals surface area (Å²) in [5.74, 6) is 1.24. The van der Waals surface area contributed by atoms with Crippen LogP contribution in [0.25, 0.3) is 0 Å². The number of rotatable bonds is 2. The molecule has 0 unspecified atom stereocenters.